The second-order valence-corrected chi connectivity index (χ2v) is 9.12. The zero-order valence-electron chi connectivity index (χ0n) is 21.2. The number of carboxylic acids is 1. The number of aliphatic hydroxyl groups is 1. The van der Waals surface area contributed by atoms with Gasteiger partial charge in [-0.1, -0.05) is 30.5 Å². The number of nitrogens with zero attached hydrogens (tertiary/aromatic N) is 2. The predicted octanol–water partition coefficient (Wildman–Crippen LogP) is 2.67. The Morgan fingerprint density at radius 3 is 2.69 bits per heavy atom. The van der Waals surface area contributed by atoms with Crippen LogP contribution in [0, 0.1) is 5.41 Å². The molecule has 0 aliphatic carbocycles. The molecule has 0 saturated heterocycles. The molecule has 1 heterocycles. The molecule has 0 aliphatic heterocycles. The molecule has 1 aromatic heterocycles. The number of benzene rings is 2. The van der Waals surface area contributed by atoms with Crippen LogP contribution in [0.3, 0.4) is 0 Å². The molecular formula is C26H30N6O6S. The van der Waals surface area contributed by atoms with Crippen molar-refractivity contribution in [3.05, 3.63) is 92.9 Å². The highest BCUT2D eigenvalue weighted by Crippen LogP contribution is 2.33. The lowest BCUT2D eigenvalue weighted by atomic mass is 10.0. The van der Waals surface area contributed by atoms with Crippen LogP contribution in [0.15, 0.2) is 70.2 Å². The van der Waals surface area contributed by atoms with Gasteiger partial charge in [-0.05, 0) is 47.4 Å². The molecular weight excluding hydrogens is 524 g/mol. The first-order chi connectivity index (χ1) is 18.7. The standard InChI is InChI=1S/C26H30N6O6S/c1-16(25(34)35)39-14-3-11-32-26(36)30-24(31-32)22(29-19-8-5-17(6-9-19)23(27)28)18-7-10-20(21(15-18)37-2)38-13-4-12-33/h3,5-10,14-15,22,29,33H,1,4,11-13H2,2H3,(H3,27,28)(H,34,35)(H,30,31,36)/b14-3-. The molecule has 7 N–H and O–H groups in total. The van der Waals surface area contributed by atoms with E-state index < -0.39 is 17.7 Å². The number of aromatic nitrogens is 3. The number of methoxy groups -OCH3 is 1. The molecule has 0 spiro atoms. The maximum absolute atomic E-state index is 12.7. The van der Waals surface area contributed by atoms with Gasteiger partial charge in [-0.15, -0.1) is 0 Å². The Labute approximate surface area is 228 Å². The number of hydrogen-bond donors (Lipinski definition) is 6. The molecule has 3 aromatic rings. The smallest absolute Gasteiger partial charge is 0.343 e. The summed E-state index contributed by atoms with van der Waals surface area (Å²) in [7, 11) is 1.51. The Hall–Kier alpha value is -4.49. The number of nitrogen functional groups attached to an aromatic ring is 1. The second kappa shape index (κ2) is 13.9. The van der Waals surface area contributed by atoms with Crippen molar-refractivity contribution in [1.29, 1.82) is 5.41 Å². The molecule has 39 heavy (non-hydrogen) atoms. The monoisotopic (exact) mass is 554 g/mol. The number of nitrogens with two attached hydrogens (primary N) is 1. The van der Waals surface area contributed by atoms with E-state index in [0.29, 0.717) is 47.2 Å². The number of carbonyl (C=O) groups is 1. The van der Waals surface area contributed by atoms with Gasteiger partial charge in [-0.3, -0.25) is 10.4 Å². The number of nitrogens with one attached hydrogen (secondary N) is 3. The summed E-state index contributed by atoms with van der Waals surface area (Å²) in [6.45, 7) is 3.87. The molecule has 0 radical (unpaired) electrons. The van der Waals surface area contributed by atoms with Crippen molar-refractivity contribution in [3.8, 4) is 11.5 Å². The Bertz CT molecular complexity index is 1400. The summed E-state index contributed by atoms with van der Waals surface area (Å²) in [6, 6.07) is 11.6. The van der Waals surface area contributed by atoms with Gasteiger partial charge < -0.3 is 30.7 Å². The predicted molar refractivity (Wildman–Crippen MR) is 149 cm³/mol. The fourth-order valence-electron chi connectivity index (χ4n) is 3.40. The molecule has 13 heteroatoms. The van der Waals surface area contributed by atoms with Gasteiger partial charge >= 0.3 is 11.7 Å². The van der Waals surface area contributed by atoms with E-state index in [-0.39, 0.29) is 23.9 Å². The summed E-state index contributed by atoms with van der Waals surface area (Å²) in [5.41, 5.74) is 7.08. The van der Waals surface area contributed by atoms with Crippen LogP contribution in [-0.2, 0) is 11.3 Å². The van der Waals surface area contributed by atoms with Crippen molar-refractivity contribution in [2.24, 2.45) is 5.73 Å². The molecule has 0 saturated carbocycles. The van der Waals surface area contributed by atoms with Crippen molar-refractivity contribution in [3.63, 3.8) is 0 Å². The van der Waals surface area contributed by atoms with Gasteiger partial charge in [0.25, 0.3) is 0 Å². The topological polar surface area (TPSA) is 189 Å². The van der Waals surface area contributed by atoms with Crippen LogP contribution in [0.5, 0.6) is 11.5 Å². The first kappa shape index (κ1) is 29.1. The van der Waals surface area contributed by atoms with Gasteiger partial charge in [0.2, 0.25) is 0 Å². The fraction of sp³-hybridized carbons (Fsp3) is 0.231. The summed E-state index contributed by atoms with van der Waals surface area (Å²) < 4.78 is 12.4. The van der Waals surface area contributed by atoms with E-state index in [9.17, 15) is 9.59 Å². The summed E-state index contributed by atoms with van der Waals surface area (Å²) in [4.78, 5) is 26.3. The molecule has 206 valence electrons. The first-order valence-corrected chi connectivity index (χ1v) is 12.6. The van der Waals surface area contributed by atoms with E-state index in [0.717, 1.165) is 11.8 Å². The third kappa shape index (κ3) is 7.99. The maximum atomic E-state index is 12.7. The second-order valence-electron chi connectivity index (χ2n) is 8.12. The van der Waals surface area contributed by atoms with E-state index in [1.807, 2.05) is 6.07 Å². The van der Waals surface area contributed by atoms with Crippen LogP contribution < -0.4 is 26.2 Å². The Morgan fingerprint density at radius 2 is 2.05 bits per heavy atom. The van der Waals surface area contributed by atoms with Crippen molar-refractivity contribution in [2.75, 3.05) is 25.6 Å². The zero-order chi connectivity index (χ0) is 28.4. The number of carboxylic acid groups (broad SMARTS) is 1. The summed E-state index contributed by atoms with van der Waals surface area (Å²) in [5.74, 6) is 0.117. The van der Waals surface area contributed by atoms with Gasteiger partial charge in [-0.25, -0.2) is 14.3 Å². The molecule has 0 amide bonds. The van der Waals surface area contributed by atoms with Gasteiger partial charge in [-0.2, -0.15) is 5.10 Å². The maximum Gasteiger partial charge on any atom is 0.343 e. The molecule has 1 atom stereocenters. The normalized spacial score (nSPS) is 11.7. The van der Waals surface area contributed by atoms with Crippen LogP contribution in [0.25, 0.3) is 0 Å². The van der Waals surface area contributed by atoms with E-state index in [1.165, 1.54) is 17.2 Å². The number of aliphatic carboxylic acids is 1. The lowest BCUT2D eigenvalue weighted by molar-refractivity contribution is -0.131. The van der Waals surface area contributed by atoms with Crippen LogP contribution in [0.2, 0.25) is 0 Å². The Balaban J connectivity index is 1.93. The van der Waals surface area contributed by atoms with Crippen molar-refractivity contribution < 1.29 is 24.5 Å². The summed E-state index contributed by atoms with van der Waals surface area (Å²) in [5, 5.41) is 34.9. The highest BCUT2D eigenvalue weighted by atomic mass is 32.2. The number of H-pyrrole nitrogens is 1. The van der Waals surface area contributed by atoms with E-state index in [2.05, 4.69) is 22.0 Å². The average molecular weight is 555 g/mol. The van der Waals surface area contributed by atoms with Crippen LogP contribution in [0.1, 0.15) is 29.4 Å². The molecule has 1 unspecified atom stereocenters. The van der Waals surface area contributed by atoms with E-state index in [1.54, 1.807) is 42.5 Å². The third-order valence-electron chi connectivity index (χ3n) is 5.38. The highest BCUT2D eigenvalue weighted by molar-refractivity contribution is 8.06. The van der Waals surface area contributed by atoms with Crippen molar-refractivity contribution in [2.45, 2.75) is 19.0 Å². The van der Waals surface area contributed by atoms with E-state index in [4.69, 9.17) is 30.8 Å². The van der Waals surface area contributed by atoms with Crippen molar-refractivity contribution >= 4 is 29.3 Å². The number of ether oxygens (including phenoxy) is 2. The largest absolute Gasteiger partial charge is 0.493 e. The minimum atomic E-state index is -1.12. The SMILES string of the molecule is C=C(S/C=C\Cn1nc(C(Nc2ccc(C(=N)N)cc2)c2ccc(OCCCO)c(OC)c2)[nH]c1=O)C(=O)O. The van der Waals surface area contributed by atoms with Gasteiger partial charge in [0.1, 0.15) is 11.9 Å². The van der Waals surface area contributed by atoms with E-state index >= 15 is 0 Å². The molecule has 0 bridgehead atoms. The quantitative estimate of drug-likeness (QED) is 0.0705. The lowest BCUT2D eigenvalue weighted by Crippen LogP contribution is -2.17. The minimum Gasteiger partial charge on any atom is -0.493 e. The van der Waals surface area contributed by atoms with Crippen LogP contribution in [0.4, 0.5) is 5.69 Å². The Kier molecular flexibility index (Phi) is 10.3. The number of rotatable bonds is 15. The van der Waals surface area contributed by atoms with Gasteiger partial charge in [0.15, 0.2) is 17.3 Å². The number of anilines is 1. The Morgan fingerprint density at radius 1 is 1.31 bits per heavy atom. The van der Waals surface area contributed by atoms with Gasteiger partial charge in [0, 0.05) is 24.3 Å². The summed E-state index contributed by atoms with van der Waals surface area (Å²) in [6.07, 6.45) is 2.08. The van der Waals surface area contributed by atoms with Crippen LogP contribution in [-0.4, -0.2) is 57.1 Å². The molecule has 3 rings (SSSR count). The molecule has 12 nitrogen and oxygen atoms in total. The number of amidine groups is 1. The zero-order valence-corrected chi connectivity index (χ0v) is 22.0. The average Bonchev–Trinajstić information content (AvgIpc) is 3.29. The number of hydrogen-bond acceptors (Lipinski definition) is 9. The van der Waals surface area contributed by atoms with Crippen LogP contribution >= 0.6 is 11.8 Å². The summed E-state index contributed by atoms with van der Waals surface area (Å²) >= 11 is 0.933. The molecule has 2 aromatic carbocycles. The number of aliphatic hydroxyl groups excluding tert-OH is 1. The first-order valence-electron chi connectivity index (χ1n) is 11.8. The van der Waals surface area contributed by atoms with Gasteiger partial charge in [0.05, 0.1) is 25.2 Å². The minimum absolute atomic E-state index is 0.00696. The van der Waals surface area contributed by atoms with Crippen molar-refractivity contribution in [1.82, 2.24) is 14.8 Å². The lowest BCUT2D eigenvalue weighted by Gasteiger charge is -2.20. The third-order valence-corrected chi connectivity index (χ3v) is 6.17. The molecule has 0 aliphatic rings. The molecule has 0 fully saturated rings. The number of aromatic amines is 1. The highest BCUT2D eigenvalue weighted by Gasteiger charge is 2.21. The fourth-order valence-corrected chi connectivity index (χ4v) is 3.85. The number of allylic oxidation sites excluding steroid dienone is 1. The number of thioether (sulfide) groups is 1.